The number of aromatic nitrogens is 1. The molecule has 0 saturated carbocycles. The topological polar surface area (TPSA) is 96.2 Å². The van der Waals surface area contributed by atoms with E-state index in [9.17, 15) is 14.4 Å². The molecule has 0 unspecified atom stereocenters. The van der Waals surface area contributed by atoms with Gasteiger partial charge in [-0.05, 0) is 54.7 Å². The molecule has 0 N–H and O–H groups in total. The number of esters is 2. The molecule has 2 heterocycles. The fourth-order valence-electron chi connectivity index (χ4n) is 4.98. The highest BCUT2D eigenvalue weighted by molar-refractivity contribution is 7.07. The molecule has 0 radical (unpaired) electrons. The van der Waals surface area contributed by atoms with Crippen LogP contribution in [0.4, 0.5) is 0 Å². The molecule has 8 nitrogen and oxygen atoms in total. The summed E-state index contributed by atoms with van der Waals surface area (Å²) in [7, 11) is 0. The van der Waals surface area contributed by atoms with Gasteiger partial charge < -0.3 is 14.2 Å². The molecule has 4 aromatic rings. The van der Waals surface area contributed by atoms with Crippen LogP contribution in [0.5, 0.6) is 5.75 Å². The lowest BCUT2D eigenvalue weighted by molar-refractivity contribution is -0.145. The van der Waals surface area contributed by atoms with Gasteiger partial charge in [0.2, 0.25) is 0 Å². The Balaban J connectivity index is 1.64. The minimum atomic E-state index is -0.734. The van der Waals surface area contributed by atoms with Crippen molar-refractivity contribution in [1.82, 2.24) is 4.57 Å². The second kappa shape index (κ2) is 13.7. The molecule has 0 saturated heterocycles. The van der Waals surface area contributed by atoms with Gasteiger partial charge in [-0.25, -0.2) is 14.6 Å². The third-order valence-electron chi connectivity index (χ3n) is 7.13. The average molecular weight is 611 g/mol. The first-order valence-electron chi connectivity index (χ1n) is 14.6. The normalized spacial score (nSPS) is 14.7. The Morgan fingerprint density at radius 2 is 1.61 bits per heavy atom. The second-order valence-electron chi connectivity index (χ2n) is 10.4. The van der Waals surface area contributed by atoms with Crippen molar-refractivity contribution in [3.8, 4) is 5.75 Å². The summed E-state index contributed by atoms with van der Waals surface area (Å²) in [4.78, 5) is 44.7. The van der Waals surface area contributed by atoms with Crippen LogP contribution in [0.25, 0.3) is 11.8 Å². The van der Waals surface area contributed by atoms with E-state index in [1.807, 2.05) is 54.6 Å². The van der Waals surface area contributed by atoms with Gasteiger partial charge in [0.25, 0.3) is 5.56 Å². The van der Waals surface area contributed by atoms with Crippen molar-refractivity contribution in [3.05, 3.63) is 126 Å². The van der Waals surface area contributed by atoms with Crippen molar-refractivity contribution >= 4 is 35.0 Å². The summed E-state index contributed by atoms with van der Waals surface area (Å²) in [6.45, 7) is 8.03. The fraction of sp³-hybridized carbons (Fsp3) is 0.257. The van der Waals surface area contributed by atoms with Crippen LogP contribution in [-0.2, 0) is 19.1 Å². The van der Waals surface area contributed by atoms with Crippen molar-refractivity contribution in [2.75, 3.05) is 19.8 Å². The quantitative estimate of drug-likeness (QED) is 0.235. The van der Waals surface area contributed by atoms with Gasteiger partial charge in [-0.3, -0.25) is 9.36 Å². The van der Waals surface area contributed by atoms with E-state index in [1.54, 1.807) is 48.8 Å². The van der Waals surface area contributed by atoms with Crippen LogP contribution in [0.2, 0.25) is 0 Å². The molecule has 44 heavy (non-hydrogen) atoms. The highest BCUT2D eigenvalue weighted by Gasteiger charge is 2.35. The molecule has 226 valence electrons. The lowest BCUT2D eigenvalue weighted by Crippen LogP contribution is -2.40. The molecule has 1 atom stereocenters. The molecule has 0 bridgehead atoms. The maximum Gasteiger partial charge on any atom is 0.344 e. The number of rotatable bonds is 10. The van der Waals surface area contributed by atoms with E-state index < -0.39 is 18.0 Å². The Bertz CT molecular complexity index is 1850. The van der Waals surface area contributed by atoms with E-state index >= 15 is 0 Å². The van der Waals surface area contributed by atoms with Crippen LogP contribution < -0.4 is 19.6 Å². The predicted octanol–water partition coefficient (Wildman–Crippen LogP) is 5.00. The van der Waals surface area contributed by atoms with Crippen LogP contribution in [0.1, 0.15) is 61.9 Å². The third kappa shape index (κ3) is 6.58. The van der Waals surface area contributed by atoms with Gasteiger partial charge in [0, 0.05) is 5.56 Å². The predicted molar refractivity (Wildman–Crippen MR) is 170 cm³/mol. The van der Waals surface area contributed by atoms with Gasteiger partial charge in [0.15, 0.2) is 11.4 Å². The number of carbonyl (C=O) groups is 2. The van der Waals surface area contributed by atoms with Crippen LogP contribution in [-0.4, -0.2) is 36.3 Å². The summed E-state index contributed by atoms with van der Waals surface area (Å²) in [5.74, 6) is -0.120. The Morgan fingerprint density at radius 3 is 2.25 bits per heavy atom. The molecule has 0 fully saturated rings. The zero-order valence-corrected chi connectivity index (χ0v) is 25.9. The summed E-state index contributed by atoms with van der Waals surface area (Å²) < 4.78 is 18.0. The first kappa shape index (κ1) is 30.7. The number of thiazole rings is 1. The van der Waals surface area contributed by atoms with E-state index in [1.165, 1.54) is 11.3 Å². The van der Waals surface area contributed by atoms with Crippen molar-refractivity contribution in [2.24, 2.45) is 4.99 Å². The highest BCUT2D eigenvalue weighted by atomic mass is 32.1. The van der Waals surface area contributed by atoms with Crippen molar-refractivity contribution < 1.29 is 23.8 Å². The highest BCUT2D eigenvalue weighted by Crippen LogP contribution is 2.35. The van der Waals surface area contributed by atoms with E-state index in [0.717, 1.165) is 22.3 Å². The van der Waals surface area contributed by atoms with Crippen molar-refractivity contribution in [2.45, 2.75) is 39.7 Å². The van der Waals surface area contributed by atoms with Gasteiger partial charge in [0.05, 0.1) is 35.1 Å². The molecule has 9 heteroatoms. The standard InChI is InChI=1S/C35H34N2O6S/c1-5-41-29(38)21-43-27-18-12-23(13-19-27)20-28-33(39)37-32(26-16-14-24(15-17-26)22(3)4)30(34(40)42-6-2)31(36-35(37)44-28)25-10-8-7-9-11-25/h7-20,22,32H,5-6,21H2,1-4H3/b28-20-/t32-/m1/s1. The maximum absolute atomic E-state index is 14.1. The number of benzene rings is 3. The number of carbonyl (C=O) groups excluding carboxylic acids is 2. The monoisotopic (exact) mass is 610 g/mol. The van der Waals surface area contributed by atoms with Crippen LogP contribution >= 0.6 is 11.3 Å². The second-order valence-corrected chi connectivity index (χ2v) is 11.4. The first-order valence-corrected chi connectivity index (χ1v) is 15.4. The minimum Gasteiger partial charge on any atom is -0.482 e. The zero-order chi connectivity index (χ0) is 31.2. The third-order valence-corrected chi connectivity index (χ3v) is 8.12. The van der Waals surface area contributed by atoms with Gasteiger partial charge >= 0.3 is 11.9 Å². The molecule has 5 rings (SSSR count). The smallest absolute Gasteiger partial charge is 0.344 e. The largest absolute Gasteiger partial charge is 0.482 e. The molecule has 0 spiro atoms. The van der Waals surface area contributed by atoms with Crippen molar-refractivity contribution in [1.29, 1.82) is 0 Å². The van der Waals surface area contributed by atoms with Crippen LogP contribution in [0, 0.1) is 0 Å². The van der Waals surface area contributed by atoms with Gasteiger partial charge in [-0.1, -0.05) is 91.9 Å². The summed E-state index contributed by atoms with van der Waals surface area (Å²) >= 11 is 1.26. The molecule has 0 aliphatic carbocycles. The van der Waals surface area contributed by atoms with Gasteiger partial charge in [-0.15, -0.1) is 0 Å². The minimum absolute atomic E-state index is 0.184. The van der Waals surface area contributed by atoms with Crippen LogP contribution in [0.15, 0.2) is 94.2 Å². The number of hydrogen-bond donors (Lipinski definition) is 0. The molecule has 1 aliphatic heterocycles. The lowest BCUT2D eigenvalue weighted by Gasteiger charge is -2.26. The Labute approximate surface area is 259 Å². The van der Waals surface area contributed by atoms with Crippen LogP contribution in [0.3, 0.4) is 0 Å². The molecular weight excluding hydrogens is 576 g/mol. The summed E-state index contributed by atoms with van der Waals surface area (Å²) in [6, 6.07) is 23.8. The zero-order valence-electron chi connectivity index (χ0n) is 25.1. The number of hydrogen-bond acceptors (Lipinski definition) is 8. The SMILES string of the molecule is CCOC(=O)COc1ccc(/C=c2\sc3n(c2=O)[C@H](c2ccc(C(C)C)cc2)C(C(=O)OCC)=C(c2ccccc2)N=3)cc1. The van der Waals surface area contributed by atoms with Crippen molar-refractivity contribution in [3.63, 3.8) is 0 Å². The summed E-state index contributed by atoms with van der Waals surface area (Å²) in [5, 5.41) is 0. The van der Waals surface area contributed by atoms with Gasteiger partial charge in [0.1, 0.15) is 5.75 Å². The van der Waals surface area contributed by atoms with E-state index in [2.05, 4.69) is 13.8 Å². The van der Waals surface area contributed by atoms with E-state index in [0.29, 0.717) is 32.3 Å². The molecular formula is C35H34N2O6S. The number of fused-ring (bicyclic) bond motifs is 1. The molecule has 0 amide bonds. The first-order chi connectivity index (χ1) is 21.3. The molecule has 3 aromatic carbocycles. The lowest BCUT2D eigenvalue weighted by atomic mass is 9.91. The Hall–Kier alpha value is -4.76. The number of nitrogens with zero attached hydrogens (tertiary/aromatic N) is 2. The molecule has 1 aromatic heterocycles. The Kier molecular flexibility index (Phi) is 9.55. The summed E-state index contributed by atoms with van der Waals surface area (Å²) in [5.41, 5.74) is 4.01. The average Bonchev–Trinajstić information content (AvgIpc) is 3.34. The van der Waals surface area contributed by atoms with Gasteiger partial charge in [-0.2, -0.15) is 0 Å². The maximum atomic E-state index is 14.1. The summed E-state index contributed by atoms with van der Waals surface area (Å²) in [6.07, 6.45) is 1.79. The van der Waals surface area contributed by atoms with E-state index in [4.69, 9.17) is 19.2 Å². The number of ether oxygens (including phenoxy) is 3. The molecule has 1 aliphatic rings. The van der Waals surface area contributed by atoms with E-state index in [-0.39, 0.29) is 25.4 Å². The Morgan fingerprint density at radius 1 is 0.932 bits per heavy atom. The fourth-order valence-corrected chi connectivity index (χ4v) is 5.98.